The van der Waals surface area contributed by atoms with E-state index in [1.807, 2.05) is 6.92 Å². The highest BCUT2D eigenvalue weighted by Gasteiger charge is 2.22. The molecule has 0 amide bonds. The predicted octanol–water partition coefficient (Wildman–Crippen LogP) is 2.36. The van der Waals surface area contributed by atoms with Crippen molar-refractivity contribution in [3.63, 3.8) is 0 Å². The molecule has 0 saturated heterocycles. The topological polar surface area (TPSA) is 61.0 Å². The molecule has 0 aromatic carbocycles. The molecule has 0 aliphatic heterocycles. The first-order valence-electron chi connectivity index (χ1n) is 5.31. The average molecular weight is 221 g/mol. The highest BCUT2D eigenvalue weighted by molar-refractivity contribution is 5.60. The van der Waals surface area contributed by atoms with Gasteiger partial charge in [-0.3, -0.25) is 0 Å². The summed E-state index contributed by atoms with van der Waals surface area (Å²) in [7, 11) is 0. The van der Waals surface area contributed by atoms with Gasteiger partial charge in [-0.15, -0.1) is 0 Å². The van der Waals surface area contributed by atoms with Crippen LogP contribution >= 0.6 is 0 Å². The Hall–Kier alpha value is -1.58. The Bertz CT molecular complexity index is 394. The molecule has 1 aromatic heterocycles. The van der Waals surface area contributed by atoms with Gasteiger partial charge < -0.3 is 10.5 Å². The quantitative estimate of drug-likeness (QED) is 0.796. The molecule has 0 unspecified atom stereocenters. The first-order chi connectivity index (χ1) is 7.36. The largest absolute Gasteiger partial charge is 0.494 e. The van der Waals surface area contributed by atoms with Gasteiger partial charge in [0.25, 0.3) is 0 Å². The van der Waals surface area contributed by atoms with Crippen molar-refractivity contribution in [3.8, 4) is 0 Å². The van der Waals surface area contributed by atoms with E-state index in [0.29, 0.717) is 12.4 Å². The molecule has 1 rings (SSSR count). The van der Waals surface area contributed by atoms with Crippen LogP contribution in [0.15, 0.2) is 12.8 Å². The third-order valence-electron chi connectivity index (χ3n) is 2.14. The van der Waals surface area contributed by atoms with Crippen molar-refractivity contribution < 1.29 is 4.74 Å². The standard InChI is InChI=1S/C12H19N3O/c1-6-16-8(2)9-7-14-11(13)15-10(9)12(3,4)5/h7H,2,6H2,1,3-5H3,(H2,13,14,15). The van der Waals surface area contributed by atoms with Crippen LogP contribution in [-0.2, 0) is 10.2 Å². The fourth-order valence-electron chi connectivity index (χ4n) is 1.42. The summed E-state index contributed by atoms with van der Waals surface area (Å²) >= 11 is 0. The van der Waals surface area contributed by atoms with Gasteiger partial charge in [-0.25, -0.2) is 9.97 Å². The fourth-order valence-corrected chi connectivity index (χ4v) is 1.42. The zero-order valence-electron chi connectivity index (χ0n) is 10.4. The minimum atomic E-state index is -0.119. The third-order valence-corrected chi connectivity index (χ3v) is 2.14. The van der Waals surface area contributed by atoms with Crippen molar-refractivity contribution in [2.45, 2.75) is 33.1 Å². The van der Waals surface area contributed by atoms with Gasteiger partial charge in [-0.2, -0.15) is 0 Å². The summed E-state index contributed by atoms with van der Waals surface area (Å²) in [5, 5.41) is 0. The normalized spacial score (nSPS) is 11.2. The molecule has 0 fully saturated rings. The number of hydrogen-bond donors (Lipinski definition) is 1. The molecule has 0 radical (unpaired) electrons. The van der Waals surface area contributed by atoms with Gasteiger partial charge in [0.2, 0.25) is 5.95 Å². The number of anilines is 1. The van der Waals surface area contributed by atoms with Crippen molar-refractivity contribution >= 4 is 11.7 Å². The van der Waals surface area contributed by atoms with E-state index in [0.717, 1.165) is 11.3 Å². The van der Waals surface area contributed by atoms with E-state index in [9.17, 15) is 0 Å². The number of nitrogens with two attached hydrogens (primary N) is 1. The van der Waals surface area contributed by atoms with Crippen molar-refractivity contribution in [2.75, 3.05) is 12.3 Å². The molecule has 0 bridgehead atoms. The maximum Gasteiger partial charge on any atom is 0.220 e. The first-order valence-corrected chi connectivity index (χ1v) is 5.31. The zero-order valence-corrected chi connectivity index (χ0v) is 10.4. The Labute approximate surface area is 96.6 Å². The second-order valence-electron chi connectivity index (χ2n) is 4.60. The number of aromatic nitrogens is 2. The van der Waals surface area contributed by atoms with Crippen LogP contribution in [0.5, 0.6) is 0 Å². The van der Waals surface area contributed by atoms with Gasteiger partial charge in [-0.1, -0.05) is 27.4 Å². The first kappa shape index (κ1) is 12.5. The summed E-state index contributed by atoms with van der Waals surface area (Å²) in [5.74, 6) is 0.866. The van der Waals surface area contributed by atoms with Crippen molar-refractivity contribution in [3.05, 3.63) is 24.0 Å². The summed E-state index contributed by atoms with van der Waals surface area (Å²) < 4.78 is 5.39. The lowest BCUT2D eigenvalue weighted by atomic mass is 9.88. The lowest BCUT2D eigenvalue weighted by Crippen LogP contribution is -2.18. The van der Waals surface area contributed by atoms with E-state index in [1.165, 1.54) is 0 Å². The zero-order chi connectivity index (χ0) is 12.3. The molecular formula is C12H19N3O. The fraction of sp³-hybridized carbons (Fsp3) is 0.500. The van der Waals surface area contributed by atoms with Crippen LogP contribution < -0.4 is 5.73 Å². The molecule has 1 heterocycles. The maximum absolute atomic E-state index is 5.61. The van der Waals surface area contributed by atoms with E-state index in [4.69, 9.17) is 10.5 Å². The minimum absolute atomic E-state index is 0.119. The molecule has 0 aliphatic carbocycles. The molecule has 0 saturated carbocycles. The van der Waals surface area contributed by atoms with Crippen molar-refractivity contribution in [1.29, 1.82) is 0 Å². The molecule has 88 valence electrons. The second-order valence-corrected chi connectivity index (χ2v) is 4.60. The lowest BCUT2D eigenvalue weighted by Gasteiger charge is -2.22. The van der Waals surface area contributed by atoms with Gasteiger partial charge >= 0.3 is 0 Å². The van der Waals surface area contributed by atoms with Crippen molar-refractivity contribution in [2.24, 2.45) is 0 Å². The SMILES string of the molecule is C=C(OCC)c1cnc(N)nc1C(C)(C)C. The Morgan fingerprint density at radius 2 is 2.12 bits per heavy atom. The second kappa shape index (κ2) is 4.51. The Kier molecular flexibility index (Phi) is 3.52. The smallest absolute Gasteiger partial charge is 0.220 e. The minimum Gasteiger partial charge on any atom is -0.494 e. The lowest BCUT2D eigenvalue weighted by molar-refractivity contribution is 0.297. The maximum atomic E-state index is 5.61. The molecule has 16 heavy (non-hydrogen) atoms. The van der Waals surface area contributed by atoms with Crippen molar-refractivity contribution in [1.82, 2.24) is 9.97 Å². The molecule has 0 atom stereocenters. The number of ether oxygens (including phenoxy) is 1. The monoisotopic (exact) mass is 221 g/mol. The Morgan fingerprint density at radius 1 is 1.50 bits per heavy atom. The molecule has 0 spiro atoms. The van der Waals surface area contributed by atoms with Gasteiger partial charge in [-0.05, 0) is 6.92 Å². The van der Waals surface area contributed by atoms with Gasteiger partial charge in [0, 0.05) is 11.6 Å². The van der Waals surface area contributed by atoms with E-state index < -0.39 is 0 Å². The molecule has 0 aliphatic rings. The summed E-state index contributed by atoms with van der Waals surface area (Å²) in [6, 6.07) is 0. The Balaban J connectivity index is 3.23. The number of hydrogen-bond acceptors (Lipinski definition) is 4. The van der Waals surface area contributed by atoms with Gasteiger partial charge in [0.05, 0.1) is 17.9 Å². The molecule has 4 heteroatoms. The number of nitrogen functional groups attached to an aromatic ring is 1. The van der Waals surface area contributed by atoms with E-state index in [-0.39, 0.29) is 11.4 Å². The Morgan fingerprint density at radius 3 is 2.62 bits per heavy atom. The molecule has 2 N–H and O–H groups in total. The summed E-state index contributed by atoms with van der Waals surface area (Å²) in [6.45, 7) is 12.6. The van der Waals surface area contributed by atoms with Crippen LogP contribution in [-0.4, -0.2) is 16.6 Å². The summed E-state index contributed by atoms with van der Waals surface area (Å²) in [6.07, 6.45) is 1.67. The highest BCUT2D eigenvalue weighted by Crippen LogP contribution is 2.28. The van der Waals surface area contributed by atoms with Crippen LogP contribution in [0.1, 0.15) is 39.0 Å². The van der Waals surface area contributed by atoms with Crippen LogP contribution in [0.25, 0.3) is 5.76 Å². The number of nitrogens with zero attached hydrogens (tertiary/aromatic N) is 2. The molecular weight excluding hydrogens is 202 g/mol. The predicted molar refractivity (Wildman–Crippen MR) is 65.8 cm³/mol. The van der Waals surface area contributed by atoms with Crippen LogP contribution in [0, 0.1) is 0 Å². The van der Waals surface area contributed by atoms with Crippen LogP contribution in [0.2, 0.25) is 0 Å². The van der Waals surface area contributed by atoms with Crippen LogP contribution in [0.4, 0.5) is 5.95 Å². The highest BCUT2D eigenvalue weighted by atomic mass is 16.5. The number of rotatable bonds is 3. The van der Waals surface area contributed by atoms with E-state index >= 15 is 0 Å². The van der Waals surface area contributed by atoms with Gasteiger partial charge in [0.1, 0.15) is 5.76 Å². The van der Waals surface area contributed by atoms with E-state index in [2.05, 4.69) is 37.3 Å². The summed E-state index contributed by atoms with van der Waals surface area (Å²) in [4.78, 5) is 8.26. The molecule has 4 nitrogen and oxygen atoms in total. The van der Waals surface area contributed by atoms with Crippen LogP contribution in [0.3, 0.4) is 0 Å². The van der Waals surface area contributed by atoms with E-state index in [1.54, 1.807) is 6.20 Å². The summed E-state index contributed by atoms with van der Waals surface area (Å²) in [5.41, 5.74) is 7.17. The molecule has 1 aromatic rings. The third kappa shape index (κ3) is 2.72. The van der Waals surface area contributed by atoms with Gasteiger partial charge in [0.15, 0.2) is 0 Å². The average Bonchev–Trinajstić information content (AvgIpc) is 2.16.